The number of carboxylic acid groups (broad SMARTS) is 1. The number of benzene rings is 1. The average Bonchev–Trinajstić information content (AvgIpc) is 2.10. The van der Waals surface area contributed by atoms with E-state index in [1.54, 1.807) is 19.1 Å². The van der Waals surface area contributed by atoms with Crippen LogP contribution in [-0.4, -0.2) is 17.6 Å². The molecule has 1 aromatic rings. The molecule has 14 heavy (non-hydrogen) atoms. The number of nitrogens with two attached hydrogens (primary N) is 1. The third kappa shape index (κ3) is 1.90. The second-order valence-corrected chi connectivity index (χ2v) is 3.10. The van der Waals surface area contributed by atoms with Crippen LogP contribution in [0.15, 0.2) is 18.2 Å². The molecule has 0 heterocycles. The third-order valence-electron chi connectivity index (χ3n) is 2.15. The maximum atomic E-state index is 13.3. The van der Waals surface area contributed by atoms with Gasteiger partial charge in [0.2, 0.25) is 0 Å². The molecule has 0 aliphatic heterocycles. The fraction of sp³-hybridized carbons (Fsp3) is 0.300. The summed E-state index contributed by atoms with van der Waals surface area (Å²) in [6.45, 7) is 1.57. The molecule has 3 N–H and O–H groups in total. The Labute approximate surface area is 81.4 Å². The molecule has 1 aromatic carbocycles. The van der Waals surface area contributed by atoms with Gasteiger partial charge in [0.25, 0.3) is 0 Å². The van der Waals surface area contributed by atoms with Gasteiger partial charge in [-0.05, 0) is 18.6 Å². The van der Waals surface area contributed by atoms with Crippen LogP contribution in [0, 0.1) is 12.7 Å². The number of aliphatic carboxylic acids is 1. The van der Waals surface area contributed by atoms with Crippen molar-refractivity contribution < 1.29 is 14.3 Å². The summed E-state index contributed by atoms with van der Waals surface area (Å²) in [5.41, 5.74) is 6.09. The molecule has 0 amide bonds. The van der Waals surface area contributed by atoms with Gasteiger partial charge in [0.15, 0.2) is 0 Å². The number of aryl methyl sites for hydroxylation is 1. The Kier molecular flexibility index (Phi) is 3.19. The predicted molar refractivity (Wildman–Crippen MR) is 50.6 cm³/mol. The van der Waals surface area contributed by atoms with E-state index in [0.29, 0.717) is 5.56 Å². The van der Waals surface area contributed by atoms with Crippen molar-refractivity contribution in [1.29, 1.82) is 0 Å². The first-order chi connectivity index (χ1) is 6.57. The van der Waals surface area contributed by atoms with Crippen molar-refractivity contribution in [2.75, 3.05) is 6.54 Å². The van der Waals surface area contributed by atoms with Gasteiger partial charge in [-0.2, -0.15) is 0 Å². The van der Waals surface area contributed by atoms with Crippen LogP contribution in [0.2, 0.25) is 0 Å². The molecule has 1 atom stereocenters. The molecule has 76 valence electrons. The summed E-state index contributed by atoms with van der Waals surface area (Å²) in [6.07, 6.45) is 0. The summed E-state index contributed by atoms with van der Waals surface area (Å²) in [5.74, 6) is -2.57. The van der Waals surface area contributed by atoms with Crippen LogP contribution in [0.4, 0.5) is 4.39 Å². The number of carbonyl (C=O) groups is 1. The molecule has 4 heteroatoms. The molecule has 0 saturated heterocycles. The monoisotopic (exact) mass is 197 g/mol. The van der Waals surface area contributed by atoms with Crippen LogP contribution in [0.25, 0.3) is 0 Å². The number of rotatable bonds is 3. The van der Waals surface area contributed by atoms with Crippen LogP contribution in [0.5, 0.6) is 0 Å². The first kappa shape index (κ1) is 10.7. The number of halogens is 1. The van der Waals surface area contributed by atoms with Crippen molar-refractivity contribution in [1.82, 2.24) is 0 Å². The van der Waals surface area contributed by atoms with E-state index in [1.165, 1.54) is 6.07 Å². The second-order valence-electron chi connectivity index (χ2n) is 3.10. The molecule has 1 unspecified atom stereocenters. The van der Waals surface area contributed by atoms with E-state index in [0.717, 1.165) is 0 Å². The fourth-order valence-corrected chi connectivity index (χ4v) is 1.43. The quantitative estimate of drug-likeness (QED) is 0.766. The van der Waals surface area contributed by atoms with Gasteiger partial charge >= 0.3 is 5.97 Å². The van der Waals surface area contributed by atoms with Gasteiger partial charge < -0.3 is 10.8 Å². The molecule has 0 radical (unpaired) electrons. The van der Waals surface area contributed by atoms with E-state index in [4.69, 9.17) is 10.8 Å². The lowest BCUT2D eigenvalue weighted by Crippen LogP contribution is -2.23. The molecule has 0 aromatic heterocycles. The van der Waals surface area contributed by atoms with Crippen LogP contribution in [0.3, 0.4) is 0 Å². The maximum Gasteiger partial charge on any atom is 0.312 e. The lowest BCUT2D eigenvalue weighted by molar-refractivity contribution is -0.138. The van der Waals surface area contributed by atoms with Gasteiger partial charge in [-0.3, -0.25) is 4.79 Å². The average molecular weight is 197 g/mol. The van der Waals surface area contributed by atoms with Gasteiger partial charge in [0, 0.05) is 12.1 Å². The van der Waals surface area contributed by atoms with Crippen molar-refractivity contribution in [2.45, 2.75) is 12.8 Å². The van der Waals surface area contributed by atoms with Crippen molar-refractivity contribution >= 4 is 5.97 Å². The van der Waals surface area contributed by atoms with Gasteiger partial charge in [0.1, 0.15) is 5.82 Å². The summed E-state index contributed by atoms with van der Waals surface area (Å²) < 4.78 is 13.3. The Morgan fingerprint density at radius 2 is 2.29 bits per heavy atom. The highest BCUT2D eigenvalue weighted by molar-refractivity contribution is 5.77. The Bertz CT molecular complexity index is 332. The lowest BCUT2D eigenvalue weighted by atomic mass is 9.94. The molecule has 0 saturated carbocycles. The van der Waals surface area contributed by atoms with Crippen LogP contribution in [-0.2, 0) is 4.79 Å². The summed E-state index contributed by atoms with van der Waals surface area (Å²) >= 11 is 0. The molecule has 0 spiro atoms. The minimum Gasteiger partial charge on any atom is -0.481 e. The summed E-state index contributed by atoms with van der Waals surface area (Å²) in [7, 11) is 0. The highest BCUT2D eigenvalue weighted by atomic mass is 19.1. The molecule has 3 nitrogen and oxygen atoms in total. The van der Waals surface area contributed by atoms with Crippen molar-refractivity contribution in [2.24, 2.45) is 5.73 Å². The van der Waals surface area contributed by atoms with E-state index in [1.807, 2.05) is 0 Å². The van der Waals surface area contributed by atoms with Crippen LogP contribution < -0.4 is 5.73 Å². The summed E-state index contributed by atoms with van der Waals surface area (Å²) in [4.78, 5) is 10.8. The van der Waals surface area contributed by atoms with Crippen LogP contribution in [0.1, 0.15) is 17.0 Å². The Morgan fingerprint density at radius 3 is 2.71 bits per heavy atom. The van der Waals surface area contributed by atoms with E-state index in [9.17, 15) is 9.18 Å². The predicted octanol–water partition coefficient (Wildman–Crippen LogP) is 1.26. The first-order valence-electron chi connectivity index (χ1n) is 4.25. The van der Waals surface area contributed by atoms with Gasteiger partial charge in [-0.15, -0.1) is 0 Å². The first-order valence-corrected chi connectivity index (χ1v) is 4.25. The largest absolute Gasteiger partial charge is 0.481 e. The molecule has 1 rings (SSSR count). The molecule has 0 fully saturated rings. The smallest absolute Gasteiger partial charge is 0.312 e. The Hall–Kier alpha value is -1.42. The molecular formula is C10H12FNO2. The molecule has 0 aliphatic carbocycles. The number of hydrogen-bond donors (Lipinski definition) is 2. The van der Waals surface area contributed by atoms with Crippen molar-refractivity contribution in [3.8, 4) is 0 Å². The molecule has 0 bridgehead atoms. The van der Waals surface area contributed by atoms with Gasteiger partial charge in [-0.1, -0.05) is 12.1 Å². The zero-order chi connectivity index (χ0) is 10.7. The third-order valence-corrected chi connectivity index (χ3v) is 2.15. The SMILES string of the molecule is Cc1cccc(F)c1C(CN)C(=O)O. The number of hydrogen-bond acceptors (Lipinski definition) is 2. The van der Waals surface area contributed by atoms with Gasteiger partial charge in [-0.25, -0.2) is 4.39 Å². The standard InChI is InChI=1S/C10H12FNO2/c1-6-3-2-4-8(11)9(6)7(5-12)10(13)14/h2-4,7H,5,12H2,1H3,(H,13,14). The second kappa shape index (κ2) is 4.19. The lowest BCUT2D eigenvalue weighted by Gasteiger charge is -2.13. The molecule has 0 aliphatic rings. The fourth-order valence-electron chi connectivity index (χ4n) is 1.43. The van der Waals surface area contributed by atoms with Crippen molar-refractivity contribution in [3.05, 3.63) is 35.1 Å². The minimum absolute atomic E-state index is 0.100. The highest BCUT2D eigenvalue weighted by Gasteiger charge is 2.22. The zero-order valence-corrected chi connectivity index (χ0v) is 7.83. The number of carboxylic acids is 1. The normalized spacial score (nSPS) is 12.5. The van der Waals surface area contributed by atoms with Gasteiger partial charge in [0.05, 0.1) is 5.92 Å². The topological polar surface area (TPSA) is 63.3 Å². The highest BCUT2D eigenvalue weighted by Crippen LogP contribution is 2.22. The maximum absolute atomic E-state index is 13.3. The van der Waals surface area contributed by atoms with E-state index in [-0.39, 0.29) is 12.1 Å². The molecular weight excluding hydrogens is 185 g/mol. The van der Waals surface area contributed by atoms with Crippen LogP contribution >= 0.6 is 0 Å². The van der Waals surface area contributed by atoms with Crippen molar-refractivity contribution in [3.63, 3.8) is 0 Å². The zero-order valence-electron chi connectivity index (χ0n) is 7.83. The Balaban J connectivity index is 3.22. The minimum atomic E-state index is -1.10. The van der Waals surface area contributed by atoms with E-state index >= 15 is 0 Å². The summed E-state index contributed by atoms with van der Waals surface area (Å²) in [5, 5.41) is 8.83. The summed E-state index contributed by atoms with van der Waals surface area (Å²) in [6, 6.07) is 4.46. The Morgan fingerprint density at radius 1 is 1.64 bits per heavy atom. The van der Waals surface area contributed by atoms with E-state index in [2.05, 4.69) is 0 Å². The van der Waals surface area contributed by atoms with E-state index < -0.39 is 17.7 Å².